The smallest absolute Gasteiger partial charge is 0.257 e. The van der Waals surface area contributed by atoms with Crippen LogP contribution in [0, 0.1) is 0 Å². The molecule has 2 N–H and O–H groups in total. The first kappa shape index (κ1) is 13.1. The molecule has 0 aromatic rings. The number of amides is 2. The van der Waals surface area contributed by atoms with Gasteiger partial charge in [0.15, 0.2) is 0 Å². The first-order valence-electron chi connectivity index (χ1n) is 6.76. The van der Waals surface area contributed by atoms with Crippen molar-refractivity contribution in [2.24, 2.45) is 0 Å². The average molecular weight is 250 g/mol. The summed E-state index contributed by atoms with van der Waals surface area (Å²) in [6.07, 6.45) is 5.65. The zero-order chi connectivity index (χ0) is 13.3. The molecule has 0 bridgehead atoms. The highest BCUT2D eigenvalue weighted by atomic mass is 16.2. The lowest BCUT2D eigenvalue weighted by Gasteiger charge is -2.23. The molecule has 2 aliphatic rings. The van der Waals surface area contributed by atoms with Gasteiger partial charge in [-0.1, -0.05) is 19.3 Å². The molecule has 4 heteroatoms. The Morgan fingerprint density at radius 1 is 1.28 bits per heavy atom. The van der Waals surface area contributed by atoms with Gasteiger partial charge in [0.2, 0.25) is 0 Å². The lowest BCUT2D eigenvalue weighted by atomic mass is 9.93. The fourth-order valence-electron chi connectivity index (χ4n) is 2.70. The van der Waals surface area contributed by atoms with Gasteiger partial charge in [0.05, 0.1) is 5.54 Å². The molecule has 18 heavy (non-hydrogen) atoms. The van der Waals surface area contributed by atoms with E-state index in [1.54, 1.807) is 0 Å². The van der Waals surface area contributed by atoms with Crippen LogP contribution in [0.2, 0.25) is 0 Å². The van der Waals surface area contributed by atoms with Gasteiger partial charge in [-0.05, 0) is 39.2 Å². The van der Waals surface area contributed by atoms with Gasteiger partial charge in [-0.25, -0.2) is 0 Å². The Morgan fingerprint density at radius 3 is 2.39 bits per heavy atom. The van der Waals surface area contributed by atoms with Crippen molar-refractivity contribution in [1.82, 2.24) is 10.6 Å². The van der Waals surface area contributed by atoms with E-state index >= 15 is 0 Å². The molecular formula is C14H22N2O2. The van der Waals surface area contributed by atoms with E-state index in [-0.39, 0.29) is 17.9 Å². The van der Waals surface area contributed by atoms with Crippen LogP contribution in [-0.4, -0.2) is 23.4 Å². The molecule has 0 spiro atoms. The first-order chi connectivity index (χ1) is 8.42. The monoisotopic (exact) mass is 250 g/mol. The SMILES string of the molecule is CC1=C(C(=O)NC2CCCCC2)C(=O)NC1(C)C. The zero-order valence-corrected chi connectivity index (χ0v) is 11.4. The molecule has 0 aromatic carbocycles. The van der Waals surface area contributed by atoms with E-state index in [2.05, 4.69) is 10.6 Å². The summed E-state index contributed by atoms with van der Waals surface area (Å²) >= 11 is 0. The second kappa shape index (κ2) is 4.75. The van der Waals surface area contributed by atoms with Crippen LogP contribution < -0.4 is 10.6 Å². The summed E-state index contributed by atoms with van der Waals surface area (Å²) in [5.41, 5.74) is 0.738. The summed E-state index contributed by atoms with van der Waals surface area (Å²) in [6, 6.07) is 0.239. The Morgan fingerprint density at radius 2 is 1.89 bits per heavy atom. The number of carbonyl (C=O) groups is 2. The third-order valence-corrected chi connectivity index (χ3v) is 4.13. The van der Waals surface area contributed by atoms with Crippen LogP contribution in [0.25, 0.3) is 0 Å². The molecule has 0 aromatic heterocycles. The van der Waals surface area contributed by atoms with Gasteiger partial charge in [0.1, 0.15) is 5.57 Å². The van der Waals surface area contributed by atoms with Gasteiger partial charge in [0, 0.05) is 6.04 Å². The highest BCUT2D eigenvalue weighted by molar-refractivity contribution is 6.21. The van der Waals surface area contributed by atoms with Gasteiger partial charge in [-0.2, -0.15) is 0 Å². The standard InChI is InChI=1S/C14H22N2O2/c1-9-11(13(18)16-14(9,2)3)12(17)15-10-7-5-4-6-8-10/h10H,4-8H2,1-3H3,(H,15,17)(H,16,18). The molecule has 1 aliphatic carbocycles. The number of hydrogen-bond donors (Lipinski definition) is 2. The third-order valence-electron chi connectivity index (χ3n) is 4.13. The largest absolute Gasteiger partial charge is 0.349 e. The number of rotatable bonds is 2. The summed E-state index contributed by atoms with van der Waals surface area (Å²) in [5, 5.41) is 5.84. The van der Waals surface area contributed by atoms with Crippen molar-refractivity contribution in [2.45, 2.75) is 64.5 Å². The minimum absolute atomic E-state index is 0.206. The van der Waals surface area contributed by atoms with Gasteiger partial charge in [-0.3, -0.25) is 9.59 Å². The van der Waals surface area contributed by atoms with Crippen molar-refractivity contribution >= 4 is 11.8 Å². The van der Waals surface area contributed by atoms with E-state index in [4.69, 9.17) is 0 Å². The second-order valence-electron chi connectivity index (χ2n) is 5.89. The Balaban J connectivity index is 2.08. The predicted octanol–water partition coefficient (Wildman–Crippen LogP) is 1.66. The van der Waals surface area contributed by atoms with Crippen molar-refractivity contribution in [1.29, 1.82) is 0 Å². The van der Waals surface area contributed by atoms with Crippen molar-refractivity contribution in [3.8, 4) is 0 Å². The topological polar surface area (TPSA) is 58.2 Å². The molecule has 0 atom stereocenters. The third kappa shape index (κ3) is 2.42. The molecule has 4 nitrogen and oxygen atoms in total. The van der Waals surface area contributed by atoms with Crippen molar-refractivity contribution in [2.75, 3.05) is 0 Å². The maximum absolute atomic E-state index is 12.2. The maximum Gasteiger partial charge on any atom is 0.257 e. The number of nitrogens with one attached hydrogen (secondary N) is 2. The molecule has 1 aliphatic heterocycles. The fourth-order valence-corrected chi connectivity index (χ4v) is 2.70. The van der Waals surface area contributed by atoms with Gasteiger partial charge >= 0.3 is 0 Å². The second-order valence-corrected chi connectivity index (χ2v) is 5.89. The first-order valence-corrected chi connectivity index (χ1v) is 6.76. The van der Waals surface area contributed by atoms with Crippen molar-refractivity contribution in [3.05, 3.63) is 11.1 Å². The quantitative estimate of drug-likeness (QED) is 0.732. The Bertz CT molecular complexity index is 404. The van der Waals surface area contributed by atoms with Crippen LogP contribution in [0.5, 0.6) is 0 Å². The Hall–Kier alpha value is -1.32. The molecule has 1 heterocycles. The van der Waals surface area contributed by atoms with Crippen molar-refractivity contribution < 1.29 is 9.59 Å². The zero-order valence-electron chi connectivity index (χ0n) is 11.4. The Kier molecular flexibility index (Phi) is 3.46. The summed E-state index contributed by atoms with van der Waals surface area (Å²) in [5.74, 6) is -0.451. The molecule has 0 saturated heterocycles. The van der Waals surface area contributed by atoms with Crippen LogP contribution in [0.3, 0.4) is 0 Å². The van der Waals surface area contributed by atoms with Gasteiger partial charge in [-0.15, -0.1) is 0 Å². The van der Waals surface area contributed by atoms with Crippen LogP contribution >= 0.6 is 0 Å². The average Bonchev–Trinajstić information content (AvgIpc) is 2.49. The molecular weight excluding hydrogens is 228 g/mol. The normalized spacial score (nSPS) is 24.1. The van der Waals surface area contributed by atoms with E-state index in [0.717, 1.165) is 18.4 Å². The molecule has 0 unspecified atom stereocenters. The van der Waals surface area contributed by atoms with E-state index in [0.29, 0.717) is 5.57 Å². The van der Waals surface area contributed by atoms with Gasteiger partial charge in [0.25, 0.3) is 11.8 Å². The van der Waals surface area contributed by atoms with E-state index < -0.39 is 5.54 Å². The van der Waals surface area contributed by atoms with Crippen molar-refractivity contribution in [3.63, 3.8) is 0 Å². The van der Waals surface area contributed by atoms with Crippen LogP contribution in [-0.2, 0) is 9.59 Å². The number of hydrogen-bond acceptors (Lipinski definition) is 2. The fraction of sp³-hybridized carbons (Fsp3) is 0.714. The maximum atomic E-state index is 12.2. The molecule has 1 fully saturated rings. The summed E-state index contributed by atoms with van der Waals surface area (Å²) in [4.78, 5) is 24.0. The lowest BCUT2D eigenvalue weighted by Crippen LogP contribution is -2.40. The number of carbonyl (C=O) groups excluding carboxylic acids is 2. The van der Waals surface area contributed by atoms with Crippen LogP contribution in [0.1, 0.15) is 52.9 Å². The molecule has 100 valence electrons. The predicted molar refractivity (Wildman–Crippen MR) is 69.9 cm³/mol. The van der Waals surface area contributed by atoms with E-state index in [9.17, 15) is 9.59 Å². The summed E-state index contributed by atoms with van der Waals surface area (Å²) in [7, 11) is 0. The van der Waals surface area contributed by atoms with E-state index in [1.807, 2.05) is 20.8 Å². The van der Waals surface area contributed by atoms with E-state index in [1.165, 1.54) is 19.3 Å². The Labute approximate surface area is 108 Å². The molecule has 2 amide bonds. The minimum atomic E-state index is -0.406. The summed E-state index contributed by atoms with van der Waals surface area (Å²) in [6.45, 7) is 5.69. The highest BCUT2D eigenvalue weighted by Crippen LogP contribution is 2.27. The van der Waals surface area contributed by atoms with Gasteiger partial charge < -0.3 is 10.6 Å². The summed E-state index contributed by atoms with van der Waals surface area (Å²) < 4.78 is 0. The molecule has 1 saturated carbocycles. The molecule has 0 radical (unpaired) electrons. The van der Waals surface area contributed by atoms with Crippen LogP contribution in [0.4, 0.5) is 0 Å². The minimum Gasteiger partial charge on any atom is -0.349 e. The van der Waals surface area contributed by atoms with Crippen LogP contribution in [0.15, 0.2) is 11.1 Å². The highest BCUT2D eigenvalue weighted by Gasteiger charge is 2.38. The lowest BCUT2D eigenvalue weighted by molar-refractivity contribution is -0.123. The molecule has 2 rings (SSSR count).